The number of hydrogen-bond donors (Lipinski definition) is 1. The number of carbonyl (C=O) groups is 1. The minimum absolute atomic E-state index is 0.0253. The molecule has 1 aromatic carbocycles. The average Bonchev–Trinajstić information content (AvgIpc) is 3.38. The lowest BCUT2D eigenvalue weighted by molar-refractivity contribution is 0.0704. The van der Waals surface area contributed by atoms with E-state index < -0.39 is 0 Å². The Morgan fingerprint density at radius 3 is 2.71 bits per heavy atom. The van der Waals surface area contributed by atoms with Crippen molar-refractivity contribution in [1.82, 2.24) is 20.1 Å². The summed E-state index contributed by atoms with van der Waals surface area (Å²) >= 11 is 0. The molecule has 28 heavy (non-hydrogen) atoms. The fourth-order valence-corrected chi connectivity index (χ4v) is 3.85. The van der Waals surface area contributed by atoms with E-state index in [1.807, 2.05) is 24.8 Å². The van der Waals surface area contributed by atoms with E-state index >= 15 is 0 Å². The Balaban J connectivity index is 1.37. The zero-order chi connectivity index (χ0) is 19.5. The topological polar surface area (TPSA) is 75.0 Å². The first-order chi connectivity index (χ1) is 13.6. The van der Waals surface area contributed by atoms with Gasteiger partial charge in [0.15, 0.2) is 12.1 Å². The monoisotopic (exact) mass is 378 g/mol. The Morgan fingerprint density at radius 2 is 2.00 bits per heavy atom. The highest BCUT2D eigenvalue weighted by Crippen LogP contribution is 2.29. The molecule has 0 bridgehead atoms. The van der Waals surface area contributed by atoms with Crippen molar-refractivity contribution < 1.29 is 9.21 Å². The minimum atomic E-state index is -0.0253. The highest BCUT2D eigenvalue weighted by Gasteiger charge is 2.29. The maximum atomic E-state index is 12.8. The fraction of sp³-hybridized carbons (Fsp3) is 0.409. The highest BCUT2D eigenvalue weighted by atomic mass is 16.3. The van der Waals surface area contributed by atoms with Gasteiger partial charge >= 0.3 is 0 Å². The van der Waals surface area contributed by atoms with Crippen molar-refractivity contribution in [3.05, 3.63) is 71.2 Å². The second-order valence-electron chi connectivity index (χ2n) is 7.77. The van der Waals surface area contributed by atoms with Gasteiger partial charge in [0.05, 0.1) is 5.69 Å². The van der Waals surface area contributed by atoms with Gasteiger partial charge in [0.2, 0.25) is 0 Å². The molecule has 1 saturated heterocycles. The molecule has 6 nitrogen and oxygen atoms in total. The molecule has 1 aliphatic rings. The Hall–Kier alpha value is -2.89. The number of amides is 1. The van der Waals surface area contributed by atoms with Gasteiger partial charge in [0.25, 0.3) is 5.91 Å². The molecule has 0 atom stereocenters. The van der Waals surface area contributed by atoms with Gasteiger partial charge < -0.3 is 9.32 Å². The number of carbonyl (C=O) groups excluding carboxylic acids is 1. The van der Waals surface area contributed by atoms with E-state index in [1.165, 1.54) is 12.0 Å². The Kier molecular flexibility index (Phi) is 5.28. The predicted octanol–water partition coefficient (Wildman–Crippen LogP) is 4.13. The first-order valence-corrected chi connectivity index (χ1v) is 9.92. The summed E-state index contributed by atoms with van der Waals surface area (Å²) in [5.74, 6) is 1.17. The zero-order valence-corrected chi connectivity index (χ0v) is 16.4. The fourth-order valence-electron chi connectivity index (χ4n) is 3.85. The molecule has 2 aromatic heterocycles. The Bertz CT molecular complexity index is 921. The third-order valence-corrected chi connectivity index (χ3v) is 5.41. The second-order valence-corrected chi connectivity index (χ2v) is 7.77. The van der Waals surface area contributed by atoms with Crippen molar-refractivity contribution in [2.24, 2.45) is 0 Å². The molecule has 1 amide bonds. The van der Waals surface area contributed by atoms with Crippen LogP contribution < -0.4 is 0 Å². The summed E-state index contributed by atoms with van der Waals surface area (Å²) in [6, 6.07) is 12.6. The van der Waals surface area contributed by atoms with Crippen LogP contribution >= 0.6 is 0 Å². The Morgan fingerprint density at radius 1 is 1.25 bits per heavy atom. The van der Waals surface area contributed by atoms with Crippen molar-refractivity contribution in [2.75, 3.05) is 13.1 Å². The molecule has 0 aliphatic carbocycles. The van der Waals surface area contributed by atoms with Gasteiger partial charge in [0, 0.05) is 37.0 Å². The van der Waals surface area contributed by atoms with E-state index in [0.29, 0.717) is 17.4 Å². The van der Waals surface area contributed by atoms with E-state index in [9.17, 15) is 4.79 Å². The quantitative estimate of drug-likeness (QED) is 0.724. The molecule has 1 aliphatic heterocycles. The van der Waals surface area contributed by atoms with Gasteiger partial charge in [0.1, 0.15) is 5.76 Å². The molecule has 0 radical (unpaired) electrons. The van der Waals surface area contributed by atoms with E-state index in [1.54, 1.807) is 0 Å². The smallest absolute Gasteiger partial charge is 0.276 e. The SMILES string of the molecule is CC(C)c1ocnc1C(=O)N1CCC(c2cc(Cc3ccccc3)[nH]n2)CC1. The van der Waals surface area contributed by atoms with Crippen LogP contribution in [0.15, 0.2) is 47.2 Å². The predicted molar refractivity (Wildman–Crippen MR) is 106 cm³/mol. The average molecular weight is 378 g/mol. The first-order valence-electron chi connectivity index (χ1n) is 9.92. The van der Waals surface area contributed by atoms with Gasteiger partial charge in [-0.25, -0.2) is 4.98 Å². The van der Waals surface area contributed by atoms with Crippen LogP contribution in [0.5, 0.6) is 0 Å². The third-order valence-electron chi connectivity index (χ3n) is 5.41. The van der Waals surface area contributed by atoms with Crippen LogP contribution in [0.2, 0.25) is 0 Å². The number of nitrogens with zero attached hydrogens (tertiary/aromatic N) is 3. The van der Waals surface area contributed by atoms with E-state index in [-0.39, 0.29) is 11.8 Å². The first kappa shape index (κ1) is 18.5. The number of piperidine rings is 1. The maximum absolute atomic E-state index is 12.8. The lowest BCUT2D eigenvalue weighted by Crippen LogP contribution is -2.38. The standard InChI is InChI=1S/C22H26N4O2/c1-15(2)21-20(23-14-28-21)22(27)26-10-8-17(9-11-26)19-13-18(24-25-19)12-16-6-4-3-5-7-16/h3-7,13-15,17H,8-12H2,1-2H3,(H,24,25). The largest absolute Gasteiger partial charge is 0.447 e. The van der Waals surface area contributed by atoms with Crippen LogP contribution in [0.4, 0.5) is 0 Å². The molecule has 0 spiro atoms. The van der Waals surface area contributed by atoms with Gasteiger partial charge in [-0.2, -0.15) is 5.10 Å². The molecule has 3 aromatic rings. The van der Waals surface area contributed by atoms with Gasteiger partial charge in [-0.15, -0.1) is 0 Å². The van der Waals surface area contributed by atoms with Crippen LogP contribution in [0.3, 0.4) is 0 Å². The van der Waals surface area contributed by atoms with Crippen LogP contribution in [-0.4, -0.2) is 39.1 Å². The van der Waals surface area contributed by atoms with E-state index in [0.717, 1.165) is 43.7 Å². The molecular weight excluding hydrogens is 352 g/mol. The summed E-state index contributed by atoms with van der Waals surface area (Å²) in [6.07, 6.45) is 4.05. The number of oxazole rings is 1. The number of aromatic nitrogens is 3. The number of benzene rings is 1. The molecule has 4 rings (SSSR count). The maximum Gasteiger partial charge on any atom is 0.276 e. The van der Waals surface area contributed by atoms with Crippen molar-refractivity contribution >= 4 is 5.91 Å². The summed E-state index contributed by atoms with van der Waals surface area (Å²) in [5, 5.41) is 7.71. The summed E-state index contributed by atoms with van der Waals surface area (Å²) < 4.78 is 5.41. The summed E-state index contributed by atoms with van der Waals surface area (Å²) in [4.78, 5) is 18.9. The van der Waals surface area contributed by atoms with Crippen LogP contribution in [0.25, 0.3) is 0 Å². The third kappa shape index (κ3) is 3.86. The number of hydrogen-bond acceptors (Lipinski definition) is 4. The van der Waals surface area contributed by atoms with E-state index in [2.05, 4.69) is 45.5 Å². The van der Waals surface area contributed by atoms with Gasteiger partial charge in [-0.3, -0.25) is 9.89 Å². The summed E-state index contributed by atoms with van der Waals surface area (Å²) in [5.41, 5.74) is 3.95. The zero-order valence-electron chi connectivity index (χ0n) is 16.4. The molecule has 146 valence electrons. The molecular formula is C22H26N4O2. The number of H-pyrrole nitrogens is 1. The molecule has 6 heteroatoms. The van der Waals surface area contributed by atoms with Crippen molar-refractivity contribution in [1.29, 1.82) is 0 Å². The Labute approximate surface area is 165 Å². The second kappa shape index (κ2) is 8.00. The minimum Gasteiger partial charge on any atom is -0.447 e. The van der Waals surface area contributed by atoms with Gasteiger partial charge in [-0.1, -0.05) is 44.2 Å². The number of rotatable bonds is 5. The summed E-state index contributed by atoms with van der Waals surface area (Å²) in [6.45, 7) is 5.45. The van der Waals surface area contributed by atoms with Crippen LogP contribution in [0, 0.1) is 0 Å². The normalized spacial score (nSPS) is 15.3. The molecule has 1 N–H and O–H groups in total. The number of likely N-dealkylation sites (tertiary alicyclic amines) is 1. The van der Waals surface area contributed by atoms with Crippen molar-refractivity contribution in [2.45, 2.75) is 44.9 Å². The highest BCUT2D eigenvalue weighted by molar-refractivity contribution is 5.93. The number of aromatic amines is 1. The lowest BCUT2D eigenvalue weighted by Gasteiger charge is -2.31. The molecule has 1 fully saturated rings. The lowest BCUT2D eigenvalue weighted by atomic mass is 9.93. The summed E-state index contributed by atoms with van der Waals surface area (Å²) in [7, 11) is 0. The van der Waals surface area contributed by atoms with Crippen LogP contribution in [0.1, 0.15) is 71.7 Å². The molecule has 3 heterocycles. The molecule has 0 unspecified atom stereocenters. The van der Waals surface area contributed by atoms with Crippen LogP contribution in [-0.2, 0) is 6.42 Å². The number of nitrogens with one attached hydrogen (secondary N) is 1. The van der Waals surface area contributed by atoms with Crippen molar-refractivity contribution in [3.63, 3.8) is 0 Å². The van der Waals surface area contributed by atoms with Crippen molar-refractivity contribution in [3.8, 4) is 0 Å². The van der Waals surface area contributed by atoms with Gasteiger partial charge in [-0.05, 0) is 24.5 Å². The van der Waals surface area contributed by atoms with E-state index in [4.69, 9.17) is 4.42 Å². The molecule has 0 saturated carbocycles.